The van der Waals surface area contributed by atoms with E-state index in [1.807, 2.05) is 31.2 Å². The number of nitrogens with zero attached hydrogens (tertiary/aromatic N) is 1. The number of unbranched alkanes of at least 4 members (excludes halogenated alkanes) is 3. The molecule has 3 aromatic rings. The predicted molar refractivity (Wildman–Crippen MR) is 156 cm³/mol. The Labute approximate surface area is 225 Å². The molecule has 0 saturated heterocycles. The van der Waals surface area contributed by atoms with Crippen LogP contribution in [0.4, 0.5) is 5.69 Å². The third-order valence-electron chi connectivity index (χ3n) is 6.48. The van der Waals surface area contributed by atoms with Crippen molar-refractivity contribution in [2.24, 2.45) is 0 Å². The average molecular weight is 517 g/mol. The van der Waals surface area contributed by atoms with Crippen LogP contribution in [0.3, 0.4) is 0 Å². The van der Waals surface area contributed by atoms with Gasteiger partial charge in [-0.2, -0.15) is 0 Å². The molecule has 0 aliphatic rings. The van der Waals surface area contributed by atoms with Gasteiger partial charge in [0.1, 0.15) is 6.61 Å². The molecule has 1 heterocycles. The molecule has 0 fully saturated rings. The van der Waals surface area contributed by atoms with Gasteiger partial charge in [-0.25, -0.2) is 0 Å². The van der Waals surface area contributed by atoms with E-state index in [-0.39, 0.29) is 29.6 Å². The van der Waals surface area contributed by atoms with Crippen molar-refractivity contribution in [1.82, 2.24) is 4.57 Å². The maximum absolute atomic E-state index is 13.5. The van der Waals surface area contributed by atoms with Crippen LogP contribution >= 0.6 is 0 Å². The smallest absolute Gasteiger partial charge is 0.297 e. The van der Waals surface area contributed by atoms with Gasteiger partial charge in [0.25, 0.3) is 11.5 Å². The molecule has 0 unspecified atom stereocenters. The van der Waals surface area contributed by atoms with Gasteiger partial charge >= 0.3 is 0 Å². The lowest BCUT2D eigenvalue weighted by Crippen LogP contribution is -2.23. The summed E-state index contributed by atoms with van der Waals surface area (Å²) in [6, 6.07) is 14.2. The number of aromatic hydroxyl groups is 1. The highest BCUT2D eigenvalue weighted by Crippen LogP contribution is 2.33. The Hall–Kier alpha value is -3.80. The predicted octanol–water partition coefficient (Wildman–Crippen LogP) is 7.61. The van der Waals surface area contributed by atoms with E-state index in [1.54, 1.807) is 34.9 Å². The first-order valence-corrected chi connectivity index (χ1v) is 13.5. The average Bonchev–Trinajstić information content (AvgIpc) is 2.90. The number of anilines is 1. The number of benzene rings is 2. The number of hydrogen-bond donors (Lipinski definition) is 2. The van der Waals surface area contributed by atoms with Crippen LogP contribution in [0.25, 0.3) is 10.9 Å². The Morgan fingerprint density at radius 3 is 2.50 bits per heavy atom. The number of pyridine rings is 1. The fourth-order valence-electron chi connectivity index (χ4n) is 4.29. The molecule has 6 heteroatoms. The number of fused-ring (bicyclic) bond motifs is 1. The van der Waals surface area contributed by atoms with Crippen molar-refractivity contribution in [2.45, 2.75) is 72.8 Å². The second-order valence-corrected chi connectivity index (χ2v) is 9.93. The van der Waals surface area contributed by atoms with Crippen LogP contribution in [-0.4, -0.2) is 22.2 Å². The van der Waals surface area contributed by atoms with Gasteiger partial charge < -0.3 is 19.7 Å². The highest BCUT2D eigenvalue weighted by atomic mass is 16.5. The highest BCUT2D eigenvalue weighted by molar-refractivity contribution is 6.05. The Morgan fingerprint density at radius 1 is 1.03 bits per heavy atom. The third-order valence-corrected chi connectivity index (χ3v) is 6.48. The molecule has 0 saturated carbocycles. The summed E-state index contributed by atoms with van der Waals surface area (Å²) in [5.41, 5.74) is 3.75. The molecule has 0 atom stereocenters. The largest absolute Gasteiger partial charge is 0.504 e. The molecule has 0 aliphatic heterocycles. The summed E-state index contributed by atoms with van der Waals surface area (Å²) in [4.78, 5) is 26.2. The molecular formula is C32H40N2O4. The number of ether oxygens (including phenoxy) is 1. The quantitative estimate of drug-likeness (QED) is 0.181. The van der Waals surface area contributed by atoms with Crippen molar-refractivity contribution < 1.29 is 14.6 Å². The van der Waals surface area contributed by atoms with Crippen molar-refractivity contribution in [1.29, 1.82) is 0 Å². The summed E-state index contributed by atoms with van der Waals surface area (Å²) in [5, 5.41) is 14.4. The second kappa shape index (κ2) is 14.2. The summed E-state index contributed by atoms with van der Waals surface area (Å²) < 4.78 is 7.51. The standard InChI is InChI=1S/C32H40N2O4/c1-5-6-7-11-20-34-28-22-26(33-31(36)25-15-9-8-10-16-25)17-18-27(28)29(35)30(32(34)37)38-21-19-24(4)14-12-13-23(2)3/h8-10,13,15-19,22,35H,5-7,11-12,14,20-21H2,1-4H3,(H,33,36). The number of hydrogen-bond acceptors (Lipinski definition) is 4. The number of aromatic nitrogens is 1. The second-order valence-electron chi connectivity index (χ2n) is 9.93. The minimum absolute atomic E-state index is 0.0394. The first-order chi connectivity index (χ1) is 18.3. The molecule has 1 aromatic heterocycles. The van der Waals surface area contributed by atoms with Gasteiger partial charge in [-0.15, -0.1) is 0 Å². The van der Waals surface area contributed by atoms with Crippen LogP contribution in [0.15, 0.2) is 76.6 Å². The van der Waals surface area contributed by atoms with Crippen LogP contribution in [0.5, 0.6) is 11.5 Å². The number of amides is 1. The van der Waals surface area contributed by atoms with E-state index in [0.717, 1.165) is 38.5 Å². The molecule has 0 bridgehead atoms. The van der Waals surface area contributed by atoms with Crippen LogP contribution in [0, 0.1) is 0 Å². The fourth-order valence-corrected chi connectivity index (χ4v) is 4.29. The zero-order valence-corrected chi connectivity index (χ0v) is 23.0. The number of carbonyl (C=O) groups excluding carboxylic acids is 1. The monoisotopic (exact) mass is 516 g/mol. The van der Waals surface area contributed by atoms with Crippen molar-refractivity contribution >= 4 is 22.5 Å². The summed E-state index contributed by atoms with van der Waals surface area (Å²) >= 11 is 0. The molecule has 0 radical (unpaired) electrons. The first-order valence-electron chi connectivity index (χ1n) is 13.5. The number of nitrogens with one attached hydrogen (secondary N) is 1. The molecule has 2 N–H and O–H groups in total. The molecule has 2 aromatic carbocycles. The molecular weight excluding hydrogens is 476 g/mol. The van der Waals surface area contributed by atoms with Gasteiger partial charge in [0.15, 0.2) is 5.75 Å². The normalized spacial score (nSPS) is 11.4. The number of carbonyl (C=O) groups is 1. The van der Waals surface area contributed by atoms with Crippen LogP contribution < -0.4 is 15.6 Å². The topological polar surface area (TPSA) is 80.6 Å². The maximum atomic E-state index is 13.5. The summed E-state index contributed by atoms with van der Waals surface area (Å²) in [7, 11) is 0. The Kier molecular flexibility index (Phi) is 10.8. The van der Waals surface area contributed by atoms with Crippen molar-refractivity contribution in [3.05, 3.63) is 87.7 Å². The minimum Gasteiger partial charge on any atom is -0.504 e. The highest BCUT2D eigenvalue weighted by Gasteiger charge is 2.18. The van der Waals surface area contributed by atoms with E-state index >= 15 is 0 Å². The Morgan fingerprint density at radius 2 is 1.79 bits per heavy atom. The first kappa shape index (κ1) is 28.8. The van der Waals surface area contributed by atoms with Gasteiger partial charge in [0.2, 0.25) is 5.75 Å². The van der Waals surface area contributed by atoms with Crippen LogP contribution in [0.1, 0.15) is 76.6 Å². The Bertz CT molecular complexity index is 1350. The molecule has 3 rings (SSSR count). The van der Waals surface area contributed by atoms with Gasteiger partial charge in [0.05, 0.1) is 5.52 Å². The molecule has 38 heavy (non-hydrogen) atoms. The van der Waals surface area contributed by atoms with E-state index in [4.69, 9.17) is 4.74 Å². The molecule has 0 aliphatic carbocycles. The van der Waals surface area contributed by atoms with Gasteiger partial charge in [-0.3, -0.25) is 9.59 Å². The lowest BCUT2D eigenvalue weighted by molar-refractivity contribution is 0.102. The van der Waals surface area contributed by atoms with Crippen molar-refractivity contribution in [2.75, 3.05) is 11.9 Å². The van der Waals surface area contributed by atoms with Crippen molar-refractivity contribution in [3.63, 3.8) is 0 Å². The van der Waals surface area contributed by atoms with Gasteiger partial charge in [-0.05, 0) is 76.4 Å². The zero-order valence-electron chi connectivity index (χ0n) is 23.0. The van der Waals surface area contributed by atoms with E-state index in [0.29, 0.717) is 28.7 Å². The fraction of sp³-hybridized carbons (Fsp3) is 0.375. The molecule has 0 spiro atoms. The van der Waals surface area contributed by atoms with Crippen molar-refractivity contribution in [3.8, 4) is 11.5 Å². The van der Waals surface area contributed by atoms with Crippen LogP contribution in [0.2, 0.25) is 0 Å². The lowest BCUT2D eigenvalue weighted by atomic mass is 10.1. The lowest BCUT2D eigenvalue weighted by Gasteiger charge is -2.16. The summed E-state index contributed by atoms with van der Waals surface area (Å²) in [5.74, 6) is -0.452. The zero-order chi connectivity index (χ0) is 27.5. The van der Waals surface area contributed by atoms with E-state index in [2.05, 4.69) is 32.2 Å². The number of aryl methyl sites for hydroxylation is 1. The molecule has 202 valence electrons. The van der Waals surface area contributed by atoms with E-state index in [1.165, 1.54) is 11.1 Å². The minimum atomic E-state index is -0.367. The van der Waals surface area contributed by atoms with E-state index in [9.17, 15) is 14.7 Å². The number of rotatable bonds is 13. The Balaban J connectivity index is 1.91. The molecule has 6 nitrogen and oxygen atoms in total. The van der Waals surface area contributed by atoms with E-state index < -0.39 is 0 Å². The third kappa shape index (κ3) is 7.85. The van der Waals surface area contributed by atoms with Gasteiger partial charge in [-0.1, -0.05) is 61.6 Å². The number of allylic oxidation sites excluding steroid dienone is 3. The summed E-state index contributed by atoms with van der Waals surface area (Å²) in [6.45, 7) is 9.05. The summed E-state index contributed by atoms with van der Waals surface area (Å²) in [6.07, 6.45) is 10.0. The van der Waals surface area contributed by atoms with Crippen LogP contribution in [-0.2, 0) is 6.54 Å². The van der Waals surface area contributed by atoms with Gasteiger partial charge in [0, 0.05) is 23.2 Å². The SMILES string of the molecule is CCCCCCn1c(=O)c(OCC=C(C)CCC=C(C)C)c(O)c2ccc(NC(=O)c3ccccc3)cc21. The maximum Gasteiger partial charge on any atom is 0.297 e. The molecule has 1 amide bonds.